The van der Waals surface area contributed by atoms with Gasteiger partial charge >= 0.3 is 23.9 Å². The van der Waals surface area contributed by atoms with Crippen molar-refractivity contribution in [2.75, 3.05) is 12.0 Å². The summed E-state index contributed by atoms with van der Waals surface area (Å²) in [5.74, 6) is -8.47. The molecule has 0 spiro atoms. The molecule has 0 bridgehead atoms. The van der Waals surface area contributed by atoms with E-state index >= 15 is 0 Å². The number of carboxylic acids is 4. The van der Waals surface area contributed by atoms with Crippen LogP contribution in [-0.4, -0.2) is 98.2 Å². The molecule has 15 nitrogen and oxygen atoms in total. The van der Waals surface area contributed by atoms with Crippen LogP contribution in [0.1, 0.15) is 32.1 Å². The lowest BCUT2D eigenvalue weighted by atomic mass is 10.1. The summed E-state index contributed by atoms with van der Waals surface area (Å²) in [5.41, 5.74) is 5.45. The summed E-state index contributed by atoms with van der Waals surface area (Å²) in [7, 11) is 0. The van der Waals surface area contributed by atoms with Crippen LogP contribution in [0.5, 0.6) is 0 Å². The van der Waals surface area contributed by atoms with Crippen LogP contribution in [-0.2, 0) is 33.6 Å². The lowest BCUT2D eigenvalue weighted by molar-refractivity contribution is -0.147. The second kappa shape index (κ2) is 15.4. The third-order valence-corrected chi connectivity index (χ3v) is 4.89. The van der Waals surface area contributed by atoms with Gasteiger partial charge in [0.15, 0.2) is 0 Å². The van der Waals surface area contributed by atoms with Crippen molar-refractivity contribution in [3.63, 3.8) is 0 Å². The minimum atomic E-state index is -1.77. The van der Waals surface area contributed by atoms with Gasteiger partial charge < -0.3 is 42.1 Å². The third-order valence-electron chi connectivity index (χ3n) is 4.25. The maximum Gasteiger partial charge on any atom is 0.326 e. The van der Waals surface area contributed by atoms with Gasteiger partial charge in [-0.05, 0) is 24.9 Å². The number of aliphatic carboxylic acids is 4. The zero-order valence-electron chi connectivity index (χ0n) is 18.2. The Bertz CT molecular complexity index is 792. The Morgan fingerprint density at radius 2 is 1.18 bits per heavy atom. The van der Waals surface area contributed by atoms with E-state index in [0.717, 1.165) is 0 Å². The van der Waals surface area contributed by atoms with Crippen LogP contribution in [0.15, 0.2) is 0 Å². The van der Waals surface area contributed by atoms with Crippen LogP contribution >= 0.6 is 11.8 Å². The van der Waals surface area contributed by atoms with Gasteiger partial charge in [-0.3, -0.25) is 28.8 Å². The number of amides is 3. The quantitative estimate of drug-likeness (QED) is 0.100. The molecule has 4 unspecified atom stereocenters. The zero-order valence-corrected chi connectivity index (χ0v) is 19.0. The average Bonchev–Trinajstić information content (AvgIpc) is 2.71. The summed E-state index contributed by atoms with van der Waals surface area (Å²) in [4.78, 5) is 81.1. The molecule has 4 atom stereocenters. The van der Waals surface area contributed by atoms with Crippen molar-refractivity contribution in [1.29, 1.82) is 0 Å². The SMILES string of the molecule is CSCCC(NC(=O)C(CCC(=O)O)NC(=O)C(N)CC(=O)O)C(=O)NC(CC(=O)O)C(=O)O. The average molecular weight is 509 g/mol. The number of hydrogen-bond donors (Lipinski definition) is 8. The van der Waals surface area contributed by atoms with Crippen molar-refractivity contribution in [2.24, 2.45) is 5.73 Å². The largest absolute Gasteiger partial charge is 0.481 e. The lowest BCUT2D eigenvalue weighted by Crippen LogP contribution is -2.57. The normalized spacial score (nSPS) is 14.1. The van der Waals surface area contributed by atoms with Gasteiger partial charge in [0.1, 0.15) is 18.1 Å². The molecule has 9 N–H and O–H groups in total. The molecule has 16 heteroatoms. The fraction of sp³-hybridized carbons (Fsp3) is 0.611. The zero-order chi connectivity index (χ0) is 26.4. The summed E-state index contributed by atoms with van der Waals surface area (Å²) in [6.45, 7) is 0. The number of hydrogen-bond acceptors (Lipinski definition) is 9. The van der Waals surface area contributed by atoms with E-state index in [9.17, 15) is 33.6 Å². The van der Waals surface area contributed by atoms with Crippen LogP contribution < -0.4 is 21.7 Å². The molecule has 0 aliphatic carbocycles. The Hall–Kier alpha value is -3.40. The van der Waals surface area contributed by atoms with E-state index in [1.165, 1.54) is 11.8 Å². The summed E-state index contributed by atoms with van der Waals surface area (Å²) in [6.07, 6.45) is -0.952. The molecular weight excluding hydrogens is 480 g/mol. The number of rotatable bonds is 17. The Morgan fingerprint density at radius 3 is 1.62 bits per heavy atom. The van der Waals surface area contributed by atoms with E-state index < -0.39 is 91.4 Å². The van der Waals surface area contributed by atoms with Gasteiger partial charge in [-0.1, -0.05) is 0 Å². The molecule has 0 aliphatic rings. The van der Waals surface area contributed by atoms with Crippen LogP contribution in [0.4, 0.5) is 0 Å². The second-order valence-electron chi connectivity index (χ2n) is 7.04. The van der Waals surface area contributed by atoms with Crippen molar-refractivity contribution < 1.29 is 54.0 Å². The molecule has 192 valence electrons. The van der Waals surface area contributed by atoms with E-state index in [4.69, 9.17) is 26.2 Å². The first-order valence-corrected chi connectivity index (χ1v) is 11.2. The van der Waals surface area contributed by atoms with E-state index in [1.54, 1.807) is 6.26 Å². The molecule has 0 aromatic rings. The fourth-order valence-corrected chi connectivity index (χ4v) is 2.99. The maximum atomic E-state index is 12.7. The summed E-state index contributed by atoms with van der Waals surface area (Å²) in [6, 6.07) is -6.13. The first-order chi connectivity index (χ1) is 15.8. The highest BCUT2D eigenvalue weighted by atomic mass is 32.2. The monoisotopic (exact) mass is 508 g/mol. The van der Waals surface area contributed by atoms with Crippen LogP contribution in [0.3, 0.4) is 0 Å². The van der Waals surface area contributed by atoms with Gasteiger partial charge in [0.25, 0.3) is 0 Å². The number of thioether (sulfide) groups is 1. The van der Waals surface area contributed by atoms with Gasteiger partial charge in [-0.25, -0.2) is 4.79 Å². The molecule has 0 aliphatic heterocycles. The van der Waals surface area contributed by atoms with Gasteiger partial charge in [0.05, 0.1) is 18.9 Å². The molecule has 0 saturated carbocycles. The number of carboxylic acid groups (broad SMARTS) is 4. The first-order valence-electron chi connectivity index (χ1n) is 9.82. The minimum Gasteiger partial charge on any atom is -0.481 e. The number of nitrogens with two attached hydrogens (primary N) is 1. The Kier molecular flexibility index (Phi) is 13.9. The van der Waals surface area contributed by atoms with Crippen LogP contribution in [0.2, 0.25) is 0 Å². The fourth-order valence-electron chi connectivity index (χ4n) is 2.52. The highest BCUT2D eigenvalue weighted by molar-refractivity contribution is 7.98. The standard InChI is InChI=1S/C18H28N4O11S/c1-34-5-4-10(17(31)22-11(18(32)33)7-14(27)28)21-16(30)9(2-3-12(23)24)20-15(29)8(19)6-13(25)26/h8-11H,2-7,19H2,1H3,(H,20,29)(H,21,30)(H,22,31)(H,23,24)(H,25,26)(H,27,28)(H,32,33). The Labute approximate surface area is 197 Å². The van der Waals surface area contributed by atoms with E-state index in [0.29, 0.717) is 5.75 Å². The molecule has 0 rings (SSSR count). The van der Waals surface area contributed by atoms with Crippen molar-refractivity contribution in [3.8, 4) is 0 Å². The molecule has 0 fully saturated rings. The van der Waals surface area contributed by atoms with E-state index in [1.807, 2.05) is 5.32 Å². The second-order valence-corrected chi connectivity index (χ2v) is 8.02. The minimum absolute atomic E-state index is 0.00369. The molecule has 3 amide bonds. The summed E-state index contributed by atoms with van der Waals surface area (Å²) < 4.78 is 0. The van der Waals surface area contributed by atoms with Gasteiger partial charge in [0, 0.05) is 6.42 Å². The molecular formula is C18H28N4O11S. The topological polar surface area (TPSA) is 263 Å². The molecule has 0 radical (unpaired) electrons. The molecule has 0 aromatic heterocycles. The van der Waals surface area contributed by atoms with Crippen molar-refractivity contribution in [2.45, 2.75) is 56.3 Å². The predicted molar refractivity (Wildman–Crippen MR) is 116 cm³/mol. The highest BCUT2D eigenvalue weighted by Crippen LogP contribution is 2.06. The Balaban J connectivity index is 5.55. The van der Waals surface area contributed by atoms with Crippen molar-refractivity contribution in [3.05, 3.63) is 0 Å². The molecule has 0 heterocycles. The summed E-state index contributed by atoms with van der Waals surface area (Å²) in [5, 5.41) is 42.0. The van der Waals surface area contributed by atoms with E-state index in [2.05, 4.69) is 10.6 Å². The number of carbonyl (C=O) groups excluding carboxylic acids is 3. The first kappa shape index (κ1) is 30.6. The van der Waals surface area contributed by atoms with Crippen LogP contribution in [0, 0.1) is 0 Å². The number of nitrogens with one attached hydrogen (secondary N) is 3. The highest BCUT2D eigenvalue weighted by Gasteiger charge is 2.31. The smallest absolute Gasteiger partial charge is 0.326 e. The van der Waals surface area contributed by atoms with Crippen LogP contribution in [0.25, 0.3) is 0 Å². The number of carbonyl (C=O) groups is 7. The van der Waals surface area contributed by atoms with Gasteiger partial charge in [-0.2, -0.15) is 11.8 Å². The lowest BCUT2D eigenvalue weighted by Gasteiger charge is -2.24. The summed E-state index contributed by atoms with van der Waals surface area (Å²) >= 11 is 1.29. The molecule has 0 saturated heterocycles. The van der Waals surface area contributed by atoms with E-state index in [-0.39, 0.29) is 6.42 Å². The van der Waals surface area contributed by atoms with Gasteiger partial charge in [-0.15, -0.1) is 0 Å². The Morgan fingerprint density at radius 1 is 0.706 bits per heavy atom. The molecule has 0 aromatic carbocycles. The van der Waals surface area contributed by atoms with Crippen molar-refractivity contribution in [1.82, 2.24) is 16.0 Å². The predicted octanol–water partition coefficient (Wildman–Crippen LogP) is -2.58. The maximum absolute atomic E-state index is 12.7. The third kappa shape index (κ3) is 12.6. The van der Waals surface area contributed by atoms with Crippen molar-refractivity contribution >= 4 is 53.4 Å². The van der Waals surface area contributed by atoms with Gasteiger partial charge in [0.2, 0.25) is 17.7 Å². The molecule has 34 heavy (non-hydrogen) atoms.